The van der Waals surface area contributed by atoms with Gasteiger partial charge in [0.05, 0.1) is 0 Å². The maximum absolute atomic E-state index is 6.19. The van der Waals surface area contributed by atoms with E-state index in [1.54, 1.807) is 0 Å². The minimum absolute atomic E-state index is 0.288. The number of halogens is 3. The number of rotatable bonds is 0. The summed E-state index contributed by atoms with van der Waals surface area (Å²) >= 11 is 18.6. The zero-order valence-corrected chi connectivity index (χ0v) is 12.5. The minimum Gasteiger partial charge on any atom is -0.363 e. The van der Waals surface area contributed by atoms with Crippen molar-refractivity contribution in [2.24, 2.45) is 0 Å². The van der Waals surface area contributed by atoms with E-state index in [1.807, 2.05) is 42.3 Å². The van der Waals surface area contributed by atoms with Gasteiger partial charge in [0.15, 0.2) is 0 Å². The van der Waals surface area contributed by atoms with Crippen molar-refractivity contribution in [3.8, 4) is 11.1 Å². The van der Waals surface area contributed by atoms with Crippen LogP contribution < -0.4 is 4.90 Å². The highest BCUT2D eigenvalue weighted by molar-refractivity contribution is 6.68. The maximum Gasteiger partial charge on any atom is 0.214 e. The van der Waals surface area contributed by atoms with Crippen LogP contribution in [0, 0.1) is 0 Å². The first-order valence-electron chi connectivity index (χ1n) is 5.98. The number of anilines is 1. The summed E-state index contributed by atoms with van der Waals surface area (Å²) in [6.45, 7) is 0. The second kappa shape index (κ2) is 4.59. The van der Waals surface area contributed by atoms with Gasteiger partial charge in [-0.3, -0.25) is 0 Å². The lowest BCUT2D eigenvalue weighted by molar-refractivity contribution is 0.680. The number of hydrogen-bond donors (Lipinski definition) is 0. The zero-order valence-electron chi connectivity index (χ0n) is 10.3. The number of alkyl halides is 3. The Morgan fingerprint density at radius 2 is 1.47 bits per heavy atom. The van der Waals surface area contributed by atoms with Gasteiger partial charge in [-0.1, -0.05) is 77.3 Å². The number of fused-ring (bicyclic) bond motifs is 3. The summed E-state index contributed by atoms with van der Waals surface area (Å²) in [4.78, 5) is 2.03. The van der Waals surface area contributed by atoms with Crippen LogP contribution in [0.5, 0.6) is 0 Å². The molecule has 1 unspecified atom stereocenters. The number of hydrogen-bond acceptors (Lipinski definition) is 1. The molecular formula is C15H12Cl3N. The Labute approximate surface area is 127 Å². The monoisotopic (exact) mass is 311 g/mol. The van der Waals surface area contributed by atoms with Crippen molar-refractivity contribution >= 4 is 40.5 Å². The smallest absolute Gasteiger partial charge is 0.214 e. The van der Waals surface area contributed by atoms with Gasteiger partial charge in [0.1, 0.15) is 6.04 Å². The lowest BCUT2D eigenvalue weighted by Crippen LogP contribution is -2.36. The third kappa shape index (κ3) is 2.10. The van der Waals surface area contributed by atoms with Crippen LogP contribution in [0.15, 0.2) is 48.5 Å². The van der Waals surface area contributed by atoms with Gasteiger partial charge in [0.2, 0.25) is 3.79 Å². The summed E-state index contributed by atoms with van der Waals surface area (Å²) in [6.07, 6.45) is 0. The van der Waals surface area contributed by atoms with E-state index in [0.717, 1.165) is 16.8 Å². The Hall–Kier alpha value is -0.890. The third-order valence-electron chi connectivity index (χ3n) is 3.53. The van der Waals surface area contributed by atoms with Crippen LogP contribution in [0.25, 0.3) is 11.1 Å². The topological polar surface area (TPSA) is 3.24 Å². The molecule has 0 amide bonds. The molecule has 1 aliphatic rings. The minimum atomic E-state index is -1.38. The molecule has 3 rings (SSSR count). The van der Waals surface area contributed by atoms with E-state index in [9.17, 15) is 0 Å². The second-order valence-corrected chi connectivity index (χ2v) is 7.03. The van der Waals surface area contributed by atoms with Crippen molar-refractivity contribution in [2.75, 3.05) is 11.9 Å². The molecule has 0 spiro atoms. The molecule has 2 aromatic rings. The Balaban J connectivity index is 2.30. The SMILES string of the molecule is CN1c2ccccc2-c2ccccc2C1C(Cl)(Cl)Cl. The van der Waals surface area contributed by atoms with Gasteiger partial charge in [0.25, 0.3) is 0 Å². The summed E-state index contributed by atoms with van der Waals surface area (Å²) in [6, 6.07) is 16.0. The normalized spacial score (nSPS) is 17.9. The first-order valence-corrected chi connectivity index (χ1v) is 7.11. The Morgan fingerprint density at radius 1 is 0.895 bits per heavy atom. The van der Waals surface area contributed by atoms with E-state index < -0.39 is 3.79 Å². The first-order chi connectivity index (χ1) is 9.00. The fraction of sp³-hybridized carbons (Fsp3) is 0.200. The van der Waals surface area contributed by atoms with E-state index in [1.165, 1.54) is 5.56 Å². The predicted molar refractivity (Wildman–Crippen MR) is 83.3 cm³/mol. The number of benzene rings is 2. The molecule has 1 aliphatic heterocycles. The van der Waals surface area contributed by atoms with E-state index in [2.05, 4.69) is 18.2 Å². The molecule has 1 atom stereocenters. The van der Waals surface area contributed by atoms with Gasteiger partial charge in [-0.05, 0) is 17.2 Å². The van der Waals surface area contributed by atoms with Crippen LogP contribution >= 0.6 is 34.8 Å². The van der Waals surface area contributed by atoms with Crippen LogP contribution in [0.1, 0.15) is 11.6 Å². The predicted octanol–water partition coefficient (Wildman–Crippen LogP) is 5.21. The van der Waals surface area contributed by atoms with Crippen LogP contribution in [-0.4, -0.2) is 10.8 Å². The molecule has 98 valence electrons. The molecule has 1 heterocycles. The van der Waals surface area contributed by atoms with Crippen LogP contribution in [-0.2, 0) is 0 Å². The molecule has 0 saturated heterocycles. The van der Waals surface area contributed by atoms with Crippen molar-refractivity contribution in [1.82, 2.24) is 0 Å². The Kier molecular flexibility index (Phi) is 3.17. The van der Waals surface area contributed by atoms with Crippen LogP contribution in [0.3, 0.4) is 0 Å². The summed E-state index contributed by atoms with van der Waals surface area (Å²) < 4.78 is -1.38. The maximum atomic E-state index is 6.19. The number of nitrogens with zero attached hydrogens (tertiary/aromatic N) is 1. The van der Waals surface area contributed by atoms with Crippen molar-refractivity contribution in [2.45, 2.75) is 9.83 Å². The molecule has 4 heteroatoms. The highest BCUT2D eigenvalue weighted by Crippen LogP contribution is 2.52. The van der Waals surface area contributed by atoms with Gasteiger partial charge in [-0.15, -0.1) is 0 Å². The molecule has 0 aromatic heterocycles. The molecule has 0 fully saturated rings. The molecule has 0 aliphatic carbocycles. The van der Waals surface area contributed by atoms with Crippen LogP contribution in [0.4, 0.5) is 5.69 Å². The van der Waals surface area contributed by atoms with E-state index in [0.29, 0.717) is 0 Å². The molecule has 0 radical (unpaired) electrons. The van der Waals surface area contributed by atoms with Gasteiger partial charge in [-0.2, -0.15) is 0 Å². The Morgan fingerprint density at radius 3 is 2.16 bits per heavy atom. The van der Waals surface area contributed by atoms with Gasteiger partial charge >= 0.3 is 0 Å². The van der Waals surface area contributed by atoms with Crippen molar-refractivity contribution < 1.29 is 0 Å². The summed E-state index contributed by atoms with van der Waals surface area (Å²) in [5, 5.41) is 0. The highest BCUT2D eigenvalue weighted by atomic mass is 35.6. The molecule has 2 aromatic carbocycles. The molecular weight excluding hydrogens is 301 g/mol. The number of para-hydroxylation sites is 1. The van der Waals surface area contributed by atoms with E-state index >= 15 is 0 Å². The highest BCUT2D eigenvalue weighted by Gasteiger charge is 2.41. The lowest BCUT2D eigenvalue weighted by Gasteiger charge is -2.41. The Bertz CT molecular complexity index is 619. The van der Waals surface area contributed by atoms with E-state index in [-0.39, 0.29) is 6.04 Å². The molecule has 19 heavy (non-hydrogen) atoms. The molecule has 0 bridgehead atoms. The standard InChI is InChI=1S/C15H12Cl3N/c1-19-13-9-5-4-7-11(13)10-6-2-3-8-12(10)14(19)15(16,17)18/h2-9,14H,1H3. The molecule has 0 saturated carbocycles. The van der Waals surface area contributed by atoms with Crippen molar-refractivity contribution in [3.05, 3.63) is 54.1 Å². The largest absolute Gasteiger partial charge is 0.363 e. The van der Waals surface area contributed by atoms with Gasteiger partial charge in [0, 0.05) is 18.3 Å². The summed E-state index contributed by atoms with van der Waals surface area (Å²) in [7, 11) is 1.96. The molecule has 1 nitrogen and oxygen atoms in total. The summed E-state index contributed by atoms with van der Waals surface area (Å²) in [5.74, 6) is 0. The average molecular weight is 313 g/mol. The fourth-order valence-corrected chi connectivity index (χ4v) is 3.53. The molecule has 0 N–H and O–H groups in total. The fourth-order valence-electron chi connectivity index (χ4n) is 2.73. The second-order valence-electron chi connectivity index (χ2n) is 4.66. The average Bonchev–Trinajstić information content (AvgIpc) is 2.38. The van der Waals surface area contributed by atoms with Gasteiger partial charge < -0.3 is 4.90 Å². The first kappa shape index (κ1) is 13.1. The zero-order chi connectivity index (χ0) is 13.6. The van der Waals surface area contributed by atoms with Crippen LogP contribution in [0.2, 0.25) is 0 Å². The van der Waals surface area contributed by atoms with Crippen molar-refractivity contribution in [1.29, 1.82) is 0 Å². The third-order valence-corrected chi connectivity index (χ3v) is 4.15. The van der Waals surface area contributed by atoms with E-state index in [4.69, 9.17) is 34.8 Å². The van der Waals surface area contributed by atoms with Crippen molar-refractivity contribution in [3.63, 3.8) is 0 Å². The lowest BCUT2D eigenvalue weighted by atomic mass is 9.89. The van der Waals surface area contributed by atoms with Gasteiger partial charge in [-0.25, -0.2) is 0 Å². The summed E-state index contributed by atoms with van der Waals surface area (Å²) in [5.41, 5.74) is 4.43. The quantitative estimate of drug-likeness (QED) is 0.603.